The number of rotatable bonds is 1. The van der Waals surface area contributed by atoms with Gasteiger partial charge in [-0.05, 0) is 31.6 Å². The van der Waals surface area contributed by atoms with Crippen LogP contribution in [-0.2, 0) is 0 Å². The van der Waals surface area contributed by atoms with Gasteiger partial charge in [-0.1, -0.05) is 18.2 Å². The van der Waals surface area contributed by atoms with Crippen LogP contribution < -0.4 is 0 Å². The normalized spacial score (nSPS) is 21.1. The van der Waals surface area contributed by atoms with Gasteiger partial charge in [-0.25, -0.2) is 0 Å². The molecule has 0 heterocycles. The third-order valence-electron chi connectivity index (χ3n) is 1.83. The molecule has 0 nitrogen and oxygen atoms in total. The minimum Gasteiger partial charge on any atom is -0.120 e. The Hall–Kier alpha value is -0.410. The molecule has 2 aliphatic rings. The average molecular weight is 169 g/mol. The van der Waals surface area contributed by atoms with Gasteiger partial charge in [-0.15, -0.1) is 12.3 Å². The molecule has 0 bridgehead atoms. The van der Waals surface area contributed by atoms with Crippen molar-refractivity contribution >= 4 is 11.6 Å². The second-order valence-corrected chi connectivity index (χ2v) is 3.65. The van der Waals surface area contributed by atoms with Crippen molar-refractivity contribution in [3.05, 3.63) is 11.6 Å². The molecular weight excluding hydrogens is 156 g/mol. The lowest BCUT2D eigenvalue weighted by Gasteiger charge is -1.80. The van der Waals surface area contributed by atoms with E-state index in [1.165, 1.54) is 25.7 Å². The molecule has 2 rings (SSSR count). The molecule has 60 valence electrons. The van der Waals surface area contributed by atoms with Gasteiger partial charge in [0, 0.05) is 11.0 Å². The highest BCUT2D eigenvalue weighted by Crippen LogP contribution is 2.37. The Kier molecular flexibility index (Phi) is 3.02. The van der Waals surface area contributed by atoms with Gasteiger partial charge >= 0.3 is 0 Å². The van der Waals surface area contributed by atoms with Crippen molar-refractivity contribution in [2.75, 3.05) is 0 Å². The van der Waals surface area contributed by atoms with E-state index in [4.69, 9.17) is 18.0 Å². The fraction of sp³-hybridized carbons (Fsp3) is 0.600. The molecule has 2 aliphatic carbocycles. The third kappa shape index (κ3) is 4.11. The van der Waals surface area contributed by atoms with Crippen LogP contribution in [0.4, 0.5) is 0 Å². The van der Waals surface area contributed by atoms with E-state index in [9.17, 15) is 0 Å². The van der Waals surface area contributed by atoms with Crippen LogP contribution in [0, 0.1) is 24.2 Å². The second kappa shape index (κ2) is 3.83. The summed E-state index contributed by atoms with van der Waals surface area (Å²) in [5, 5.41) is 0.843. The summed E-state index contributed by atoms with van der Waals surface area (Å²) in [7, 11) is 0. The Morgan fingerprint density at radius 2 is 1.91 bits per heavy atom. The zero-order valence-corrected chi connectivity index (χ0v) is 7.40. The van der Waals surface area contributed by atoms with E-state index in [1.807, 2.05) is 0 Å². The Morgan fingerprint density at radius 1 is 1.36 bits per heavy atom. The van der Waals surface area contributed by atoms with E-state index >= 15 is 0 Å². The molecular formula is C10H13Cl. The molecule has 11 heavy (non-hydrogen) atoms. The lowest BCUT2D eigenvalue weighted by molar-refractivity contribution is 1.10. The molecule has 0 aromatic heterocycles. The van der Waals surface area contributed by atoms with Crippen LogP contribution in [0.25, 0.3) is 0 Å². The molecule has 0 aliphatic heterocycles. The van der Waals surface area contributed by atoms with E-state index in [0.29, 0.717) is 11.8 Å². The van der Waals surface area contributed by atoms with Crippen molar-refractivity contribution < 1.29 is 0 Å². The first-order chi connectivity index (χ1) is 5.24. The quantitative estimate of drug-likeness (QED) is 0.528. The number of hydrogen-bond donors (Lipinski definition) is 0. The van der Waals surface area contributed by atoms with Crippen LogP contribution in [0.15, 0.2) is 11.6 Å². The molecule has 0 unspecified atom stereocenters. The van der Waals surface area contributed by atoms with E-state index in [0.717, 1.165) is 5.03 Å². The monoisotopic (exact) mass is 168 g/mol. The molecule has 0 N–H and O–H groups in total. The summed E-state index contributed by atoms with van der Waals surface area (Å²) in [6.07, 6.45) is 10.1. The van der Waals surface area contributed by atoms with Crippen molar-refractivity contribution in [1.29, 1.82) is 0 Å². The summed E-state index contributed by atoms with van der Waals surface area (Å²) in [5.41, 5.74) is 0. The smallest absolute Gasteiger partial charge is 0.0201 e. The zero-order valence-electron chi connectivity index (χ0n) is 6.65. The first-order valence-electron chi connectivity index (χ1n) is 4.04. The average Bonchev–Trinajstić information content (AvgIpc) is 2.86. The van der Waals surface area contributed by atoms with Gasteiger partial charge in [-0.3, -0.25) is 0 Å². The Labute approximate surface area is 73.6 Å². The fourth-order valence-corrected chi connectivity index (χ4v) is 0.865. The van der Waals surface area contributed by atoms with Crippen molar-refractivity contribution in [1.82, 2.24) is 0 Å². The van der Waals surface area contributed by atoms with Crippen molar-refractivity contribution in [2.45, 2.75) is 25.7 Å². The van der Waals surface area contributed by atoms with Gasteiger partial charge in [0.2, 0.25) is 0 Å². The first-order valence-corrected chi connectivity index (χ1v) is 4.42. The molecule has 2 saturated carbocycles. The summed E-state index contributed by atoms with van der Waals surface area (Å²) >= 11 is 5.48. The van der Waals surface area contributed by atoms with Crippen LogP contribution in [0.1, 0.15) is 25.7 Å². The molecule has 0 saturated heterocycles. The maximum Gasteiger partial charge on any atom is 0.0201 e. The number of allylic oxidation sites excluding steroid dienone is 1. The highest BCUT2D eigenvalue weighted by Gasteiger charge is 2.22. The predicted octanol–water partition coefficient (Wildman–Crippen LogP) is 3.18. The van der Waals surface area contributed by atoms with Gasteiger partial charge in [0.25, 0.3) is 0 Å². The Balaban J connectivity index is 0.000000112. The Bertz CT molecular complexity index is 180. The number of hydrogen-bond acceptors (Lipinski definition) is 0. The van der Waals surface area contributed by atoms with Crippen molar-refractivity contribution in [3.8, 4) is 12.3 Å². The van der Waals surface area contributed by atoms with Crippen LogP contribution in [0.5, 0.6) is 0 Å². The third-order valence-corrected chi connectivity index (χ3v) is 2.14. The number of terminal acetylenes is 1. The van der Waals surface area contributed by atoms with E-state index in [1.54, 1.807) is 0 Å². The highest BCUT2D eigenvalue weighted by atomic mass is 35.5. The predicted molar refractivity (Wildman–Crippen MR) is 49.3 cm³/mol. The van der Waals surface area contributed by atoms with Crippen LogP contribution in [0.2, 0.25) is 0 Å². The molecule has 0 radical (unpaired) electrons. The number of halogens is 1. The lowest BCUT2D eigenvalue weighted by atomic mass is 10.4. The van der Waals surface area contributed by atoms with E-state index < -0.39 is 0 Å². The largest absolute Gasteiger partial charge is 0.120 e. The van der Waals surface area contributed by atoms with Gasteiger partial charge in [-0.2, -0.15) is 0 Å². The topological polar surface area (TPSA) is 0 Å². The van der Waals surface area contributed by atoms with Gasteiger partial charge in [0.05, 0.1) is 0 Å². The molecule has 1 heteroatoms. The minimum absolute atomic E-state index is 0.662. The van der Waals surface area contributed by atoms with Gasteiger partial charge in [0.1, 0.15) is 0 Å². The van der Waals surface area contributed by atoms with Crippen LogP contribution >= 0.6 is 11.6 Å². The molecule has 0 amide bonds. The summed E-state index contributed by atoms with van der Waals surface area (Å²) in [4.78, 5) is 0. The minimum atomic E-state index is 0.662. The van der Waals surface area contributed by atoms with E-state index in [2.05, 4.69) is 12.5 Å². The first kappa shape index (κ1) is 8.68. The van der Waals surface area contributed by atoms with Crippen molar-refractivity contribution in [3.63, 3.8) is 0 Å². The standard InChI is InChI=1S/C5H7Cl.C5H6/c1-4(6)5-2-3-5;1-2-5-3-4-5/h5H,1-3H2;1,5H,3-4H2. The summed E-state index contributed by atoms with van der Waals surface area (Å²) in [6.45, 7) is 3.58. The highest BCUT2D eigenvalue weighted by molar-refractivity contribution is 6.29. The van der Waals surface area contributed by atoms with Gasteiger partial charge < -0.3 is 0 Å². The fourth-order valence-electron chi connectivity index (χ4n) is 0.647. The summed E-state index contributed by atoms with van der Waals surface area (Å²) in [6, 6.07) is 0. The van der Waals surface area contributed by atoms with Crippen molar-refractivity contribution in [2.24, 2.45) is 11.8 Å². The van der Waals surface area contributed by atoms with Crippen LogP contribution in [0.3, 0.4) is 0 Å². The summed E-state index contributed by atoms with van der Waals surface area (Å²) in [5.74, 6) is 3.97. The van der Waals surface area contributed by atoms with Gasteiger partial charge in [0.15, 0.2) is 0 Å². The molecule has 0 atom stereocenters. The van der Waals surface area contributed by atoms with E-state index in [-0.39, 0.29) is 0 Å². The zero-order chi connectivity index (χ0) is 8.27. The SMILES string of the molecule is C#CC1CC1.C=C(Cl)C1CC1. The molecule has 0 spiro atoms. The van der Waals surface area contributed by atoms with Crippen LogP contribution in [-0.4, -0.2) is 0 Å². The summed E-state index contributed by atoms with van der Waals surface area (Å²) < 4.78 is 0. The maximum atomic E-state index is 5.48. The molecule has 2 fully saturated rings. The molecule has 0 aromatic rings. The maximum absolute atomic E-state index is 5.48. The lowest BCUT2D eigenvalue weighted by Crippen LogP contribution is -1.64. The second-order valence-electron chi connectivity index (χ2n) is 3.16. The Morgan fingerprint density at radius 3 is 1.91 bits per heavy atom. The molecule has 0 aromatic carbocycles.